The first-order valence-electron chi connectivity index (χ1n) is 4.61. The number of fused-ring (bicyclic) bond motifs is 1. The zero-order valence-corrected chi connectivity index (χ0v) is 7.88. The smallest absolute Gasteiger partial charge is 0.309 e. The third-order valence-electron chi connectivity index (χ3n) is 2.46. The van der Waals surface area contributed by atoms with Crippen molar-refractivity contribution in [3.63, 3.8) is 0 Å². The zero-order valence-electron chi connectivity index (χ0n) is 7.88. The van der Waals surface area contributed by atoms with E-state index in [-0.39, 0.29) is 24.2 Å². The fraction of sp³-hybridized carbons (Fsp3) is 0.300. The molecule has 2 atom stereocenters. The Morgan fingerprint density at radius 1 is 1.40 bits per heavy atom. The van der Waals surface area contributed by atoms with Crippen LogP contribution in [0.5, 0.6) is 0 Å². The van der Waals surface area contributed by atoms with Gasteiger partial charge in [-0.15, -0.1) is 0 Å². The number of nitrogens with zero attached hydrogens (tertiary/aromatic N) is 1. The molecule has 2 N–H and O–H groups in total. The van der Waals surface area contributed by atoms with Crippen LogP contribution in [0.4, 0.5) is 0 Å². The number of hydrogen-bond acceptors (Lipinski definition) is 3. The first-order valence-corrected chi connectivity index (χ1v) is 4.61. The van der Waals surface area contributed by atoms with Crippen LogP contribution in [0.15, 0.2) is 29.4 Å². The molecule has 78 valence electrons. The summed E-state index contributed by atoms with van der Waals surface area (Å²) in [5.74, 6) is -1.65. The minimum atomic E-state index is -0.938. The van der Waals surface area contributed by atoms with E-state index in [0.717, 1.165) is 0 Å². The van der Waals surface area contributed by atoms with Gasteiger partial charge < -0.3 is 5.11 Å². The van der Waals surface area contributed by atoms with Crippen LogP contribution in [0.25, 0.3) is 0 Å². The van der Waals surface area contributed by atoms with E-state index < -0.39 is 5.97 Å². The van der Waals surface area contributed by atoms with Gasteiger partial charge in [0.25, 0.3) is 0 Å². The second kappa shape index (κ2) is 3.68. The molecule has 0 aromatic carbocycles. The number of carbonyl (C=O) groups excluding carboxylic acids is 1. The van der Waals surface area contributed by atoms with E-state index in [2.05, 4.69) is 10.5 Å². The topological polar surface area (TPSA) is 78.8 Å². The van der Waals surface area contributed by atoms with Gasteiger partial charge in [-0.3, -0.25) is 9.59 Å². The molecule has 0 saturated carbocycles. The molecule has 0 saturated heterocycles. The van der Waals surface area contributed by atoms with Crippen LogP contribution in [0, 0.1) is 11.8 Å². The van der Waals surface area contributed by atoms with Crippen molar-refractivity contribution in [1.29, 1.82) is 0 Å². The monoisotopic (exact) mass is 206 g/mol. The number of nitrogens with one attached hydrogen (secondary N) is 1. The lowest BCUT2D eigenvalue weighted by molar-refractivity contribution is -0.136. The van der Waals surface area contributed by atoms with E-state index in [1.54, 1.807) is 18.2 Å². The van der Waals surface area contributed by atoms with Crippen LogP contribution in [0.1, 0.15) is 6.42 Å². The molecule has 1 aliphatic carbocycles. The summed E-state index contributed by atoms with van der Waals surface area (Å²) in [6.45, 7) is 0. The van der Waals surface area contributed by atoms with Gasteiger partial charge in [0.15, 0.2) is 0 Å². The van der Waals surface area contributed by atoms with Gasteiger partial charge in [-0.1, -0.05) is 24.3 Å². The highest BCUT2D eigenvalue weighted by molar-refractivity contribution is 6.05. The highest BCUT2D eigenvalue weighted by Crippen LogP contribution is 2.25. The minimum absolute atomic E-state index is 0.139. The molecule has 0 aromatic rings. The van der Waals surface area contributed by atoms with E-state index in [0.29, 0.717) is 5.71 Å². The second-order valence-corrected chi connectivity index (χ2v) is 3.47. The minimum Gasteiger partial charge on any atom is -0.481 e. The average Bonchev–Trinajstić information content (AvgIpc) is 2.22. The van der Waals surface area contributed by atoms with Crippen molar-refractivity contribution in [3.8, 4) is 0 Å². The maximum Gasteiger partial charge on any atom is 0.309 e. The van der Waals surface area contributed by atoms with Crippen LogP contribution in [0.3, 0.4) is 0 Å². The fourth-order valence-electron chi connectivity index (χ4n) is 1.76. The first-order chi connectivity index (χ1) is 7.18. The van der Waals surface area contributed by atoms with Crippen molar-refractivity contribution in [2.24, 2.45) is 16.9 Å². The predicted molar refractivity (Wildman–Crippen MR) is 53.1 cm³/mol. The summed E-state index contributed by atoms with van der Waals surface area (Å²) in [7, 11) is 0. The Kier molecular flexibility index (Phi) is 2.37. The largest absolute Gasteiger partial charge is 0.481 e. The molecule has 15 heavy (non-hydrogen) atoms. The third-order valence-corrected chi connectivity index (χ3v) is 2.46. The quantitative estimate of drug-likeness (QED) is 0.682. The lowest BCUT2D eigenvalue weighted by atomic mass is 9.82. The van der Waals surface area contributed by atoms with Gasteiger partial charge in [-0.2, -0.15) is 5.10 Å². The van der Waals surface area contributed by atoms with Gasteiger partial charge in [0, 0.05) is 5.92 Å². The first kappa shape index (κ1) is 9.64. The Bertz CT molecular complexity index is 395. The van der Waals surface area contributed by atoms with Gasteiger partial charge in [-0.05, 0) is 0 Å². The molecule has 0 unspecified atom stereocenters. The molecule has 1 amide bonds. The number of carboxylic acid groups (broad SMARTS) is 1. The SMILES string of the molecule is O=C(O)CC1=NNC(=O)[C@H]2C=CC=C[C@@H]12. The summed E-state index contributed by atoms with van der Waals surface area (Å²) in [6, 6.07) is 0. The maximum atomic E-state index is 11.4. The van der Waals surface area contributed by atoms with Crippen LogP contribution in [0.2, 0.25) is 0 Å². The van der Waals surface area contributed by atoms with Crippen molar-refractivity contribution in [2.75, 3.05) is 0 Å². The number of hydrazone groups is 1. The standard InChI is InChI=1S/C10H10N2O3/c13-9(14)5-8-6-3-1-2-4-7(6)10(15)12-11-8/h1-4,6-7H,5H2,(H,12,15)(H,13,14)/t6-,7+/m1/s1. The average molecular weight is 206 g/mol. The van der Waals surface area contributed by atoms with Gasteiger partial charge >= 0.3 is 5.97 Å². The van der Waals surface area contributed by atoms with E-state index in [1.165, 1.54) is 0 Å². The normalized spacial score (nSPS) is 28.0. The van der Waals surface area contributed by atoms with Crippen molar-refractivity contribution in [3.05, 3.63) is 24.3 Å². The fourth-order valence-corrected chi connectivity index (χ4v) is 1.76. The Morgan fingerprint density at radius 2 is 2.07 bits per heavy atom. The van der Waals surface area contributed by atoms with E-state index >= 15 is 0 Å². The summed E-state index contributed by atoms with van der Waals surface area (Å²) in [4.78, 5) is 22.0. The van der Waals surface area contributed by atoms with Gasteiger partial charge in [0.2, 0.25) is 5.91 Å². The lowest BCUT2D eigenvalue weighted by Crippen LogP contribution is -2.41. The molecule has 2 aliphatic rings. The second-order valence-electron chi connectivity index (χ2n) is 3.47. The number of aliphatic carboxylic acids is 1. The zero-order chi connectivity index (χ0) is 10.8. The molecule has 0 spiro atoms. The highest BCUT2D eigenvalue weighted by Gasteiger charge is 2.33. The molecule has 0 fully saturated rings. The van der Waals surface area contributed by atoms with Crippen molar-refractivity contribution in [2.45, 2.75) is 6.42 Å². The Morgan fingerprint density at radius 3 is 2.73 bits per heavy atom. The molecule has 5 heteroatoms. The summed E-state index contributed by atoms with van der Waals surface area (Å²) < 4.78 is 0. The summed E-state index contributed by atoms with van der Waals surface area (Å²) >= 11 is 0. The Balaban J connectivity index is 2.26. The van der Waals surface area contributed by atoms with E-state index in [1.807, 2.05) is 6.08 Å². The number of allylic oxidation sites excluding steroid dienone is 3. The molecule has 0 aromatic heterocycles. The molecule has 0 bridgehead atoms. The summed E-state index contributed by atoms with van der Waals surface area (Å²) in [5, 5.41) is 12.5. The highest BCUT2D eigenvalue weighted by atomic mass is 16.4. The van der Waals surface area contributed by atoms with Gasteiger partial charge in [0.1, 0.15) is 0 Å². The van der Waals surface area contributed by atoms with Crippen molar-refractivity contribution >= 4 is 17.6 Å². The molecule has 1 aliphatic heterocycles. The van der Waals surface area contributed by atoms with Crippen LogP contribution in [-0.2, 0) is 9.59 Å². The summed E-state index contributed by atoms with van der Waals surface area (Å²) in [5.41, 5.74) is 2.83. The van der Waals surface area contributed by atoms with Crippen LogP contribution in [-0.4, -0.2) is 22.7 Å². The molecule has 5 nitrogen and oxygen atoms in total. The number of carbonyl (C=O) groups is 2. The number of hydrogen-bond donors (Lipinski definition) is 2. The Hall–Kier alpha value is -1.91. The molecule has 0 radical (unpaired) electrons. The lowest BCUT2D eigenvalue weighted by Gasteiger charge is -2.27. The third kappa shape index (κ3) is 1.81. The number of carboxylic acids is 1. The predicted octanol–water partition coefficient (Wildman–Crippen LogP) is 0.305. The van der Waals surface area contributed by atoms with Gasteiger partial charge in [-0.25, -0.2) is 5.43 Å². The maximum absolute atomic E-state index is 11.4. The van der Waals surface area contributed by atoms with Crippen LogP contribution >= 0.6 is 0 Å². The van der Waals surface area contributed by atoms with E-state index in [4.69, 9.17) is 5.11 Å². The number of rotatable bonds is 2. The molecule has 1 heterocycles. The van der Waals surface area contributed by atoms with Crippen LogP contribution < -0.4 is 5.43 Å². The summed E-state index contributed by atoms with van der Waals surface area (Å²) in [6.07, 6.45) is 7.02. The number of amides is 1. The van der Waals surface area contributed by atoms with Crippen molar-refractivity contribution in [1.82, 2.24) is 5.43 Å². The molecular weight excluding hydrogens is 196 g/mol. The molecule has 2 rings (SSSR count). The van der Waals surface area contributed by atoms with Gasteiger partial charge in [0.05, 0.1) is 18.1 Å². The molecular formula is C10H10N2O3. The Labute approximate surface area is 86.2 Å². The van der Waals surface area contributed by atoms with E-state index in [9.17, 15) is 9.59 Å². The van der Waals surface area contributed by atoms with Crippen molar-refractivity contribution < 1.29 is 14.7 Å².